The summed E-state index contributed by atoms with van der Waals surface area (Å²) in [6.45, 7) is 1.89. The Morgan fingerprint density at radius 1 is 0.691 bits per heavy atom. The smallest absolute Gasteiger partial charge is 0.333 e. The number of rotatable bonds is 18. The van der Waals surface area contributed by atoms with Gasteiger partial charge in [0.05, 0.1) is 40.2 Å². The maximum Gasteiger partial charge on any atom is 0.333 e. The van der Waals surface area contributed by atoms with Crippen LogP contribution >= 0.6 is 54.5 Å². The summed E-state index contributed by atoms with van der Waals surface area (Å²) in [6.07, 6.45) is 8.71. The number of hydrogen-bond acceptors (Lipinski definition) is 17. The number of aliphatic hydroxyl groups is 1. The molecule has 0 amide bonds. The maximum absolute atomic E-state index is 13.3. The first-order valence-corrected chi connectivity index (χ1v) is 27.5. The van der Waals surface area contributed by atoms with Gasteiger partial charge in [-0.3, -0.25) is 18.0 Å². The zero-order chi connectivity index (χ0) is 48.6. The Morgan fingerprint density at radius 2 is 1.15 bits per heavy atom. The Balaban J connectivity index is 0.000000201. The van der Waals surface area contributed by atoms with Crippen molar-refractivity contribution in [3.05, 3.63) is 149 Å². The summed E-state index contributed by atoms with van der Waals surface area (Å²) in [7, 11) is -8.05. The Labute approximate surface area is 419 Å². The summed E-state index contributed by atoms with van der Waals surface area (Å²) in [5.41, 5.74) is 5.15. The van der Waals surface area contributed by atoms with Gasteiger partial charge in [-0.1, -0.05) is 63.0 Å². The molecule has 0 saturated heterocycles. The predicted octanol–water partition coefficient (Wildman–Crippen LogP) is 7.06. The molecule has 8 rings (SSSR count). The first-order chi connectivity index (χ1) is 32.4. The van der Waals surface area contributed by atoms with E-state index in [0.29, 0.717) is 58.2 Å². The van der Waals surface area contributed by atoms with Gasteiger partial charge in [0, 0.05) is 39.3 Å². The molecule has 0 bridgehead atoms. The number of hydrogen-bond donors (Lipinski definition) is 5. The van der Waals surface area contributed by atoms with E-state index in [-0.39, 0.29) is 48.7 Å². The molecule has 23 heteroatoms. The monoisotopic (exact) mass is 1130 g/mol. The molecule has 0 unspecified atom stereocenters. The average molecular weight is 1130 g/mol. The van der Waals surface area contributed by atoms with Crippen LogP contribution in [0.1, 0.15) is 85.3 Å². The van der Waals surface area contributed by atoms with Gasteiger partial charge in [-0.05, 0) is 120 Å². The molecule has 17 nitrogen and oxygen atoms in total. The van der Waals surface area contributed by atoms with Crippen molar-refractivity contribution in [3.63, 3.8) is 0 Å². The molecule has 2 fully saturated rings. The molecule has 2 aliphatic rings. The molecule has 2 aromatic carbocycles. The van der Waals surface area contributed by atoms with E-state index in [2.05, 4.69) is 78.7 Å². The molecular formula is C45H48Br2N8O9S4. The van der Waals surface area contributed by atoms with Crippen LogP contribution in [0.15, 0.2) is 105 Å². The molecular weight excluding hydrogens is 1080 g/mol. The van der Waals surface area contributed by atoms with Crippen molar-refractivity contribution in [2.75, 3.05) is 23.8 Å². The Morgan fingerprint density at radius 3 is 1.62 bits per heavy atom. The summed E-state index contributed by atoms with van der Waals surface area (Å²) in [6, 6.07) is 19.7. The van der Waals surface area contributed by atoms with Gasteiger partial charge in [-0.25, -0.2) is 30.2 Å². The molecule has 7 N–H and O–H groups in total. The number of halogens is 2. The summed E-state index contributed by atoms with van der Waals surface area (Å²) in [4.78, 5) is 44.4. The zero-order valence-corrected chi connectivity index (χ0v) is 42.8. The van der Waals surface area contributed by atoms with Crippen molar-refractivity contribution in [2.45, 2.75) is 63.6 Å². The van der Waals surface area contributed by atoms with Crippen molar-refractivity contribution < 1.29 is 39.9 Å². The lowest BCUT2D eigenvalue weighted by atomic mass is 10.00. The van der Waals surface area contributed by atoms with Crippen molar-refractivity contribution in [2.24, 2.45) is 28.0 Å². The summed E-state index contributed by atoms with van der Waals surface area (Å²) in [5.74, 6) is 0.386. The molecule has 0 aliphatic heterocycles. The first-order valence-electron chi connectivity index (χ1n) is 21.2. The van der Waals surface area contributed by atoms with Gasteiger partial charge in [0.25, 0.3) is 0 Å². The topological polar surface area (TPSA) is 269 Å². The third kappa shape index (κ3) is 14.8. The van der Waals surface area contributed by atoms with E-state index in [4.69, 9.17) is 14.5 Å². The minimum Gasteiger partial charge on any atom is -0.393 e. The number of nitrogens with two attached hydrogens (primary N) is 2. The second-order valence-corrected chi connectivity index (χ2v) is 22.8. The average Bonchev–Trinajstić information content (AvgIpc) is 4.10. The van der Waals surface area contributed by atoms with Crippen LogP contribution in [0.3, 0.4) is 0 Å². The minimum absolute atomic E-state index is 0.0287. The van der Waals surface area contributed by atoms with E-state index in [1.165, 1.54) is 47.7 Å². The van der Waals surface area contributed by atoms with Crippen LogP contribution in [0.4, 0.5) is 11.6 Å². The van der Waals surface area contributed by atoms with Gasteiger partial charge >= 0.3 is 20.6 Å². The SMILES string of the molecule is C[C@H]1C[C@H](Nc2ncncc2C(=O)c2cc(Cc3cccc(Br)c3)cs2)C[C@@H]1COS(N)(=O)=O.NS(=O)(=O)OC[C@H]1C[C@@H](Nc2ncncc2C(=O)c2cc(Cc3cccc(Br)c3)cs2)C[C@@H]1O. The molecule has 4 heterocycles. The fourth-order valence-corrected chi connectivity index (χ4v) is 11.6. The van der Waals surface area contributed by atoms with Gasteiger partial charge < -0.3 is 15.7 Å². The lowest BCUT2D eigenvalue weighted by molar-refractivity contribution is 0.100. The predicted molar refractivity (Wildman–Crippen MR) is 267 cm³/mol. The van der Waals surface area contributed by atoms with Crippen LogP contribution in [0.5, 0.6) is 0 Å². The number of thiophene rings is 2. The third-order valence-electron chi connectivity index (χ3n) is 11.5. The highest BCUT2D eigenvalue weighted by molar-refractivity contribution is 9.10. The van der Waals surface area contributed by atoms with Crippen LogP contribution in [-0.2, 0) is 41.8 Å². The van der Waals surface area contributed by atoms with Crippen molar-refractivity contribution in [3.8, 4) is 0 Å². The molecule has 6 atom stereocenters. The van der Waals surface area contributed by atoms with E-state index < -0.39 is 32.6 Å². The van der Waals surface area contributed by atoms with Gasteiger partial charge in [-0.15, -0.1) is 22.7 Å². The summed E-state index contributed by atoms with van der Waals surface area (Å²) < 4.78 is 55.8. The number of benzene rings is 2. The quantitative estimate of drug-likeness (QED) is 0.0539. The molecule has 4 aromatic heterocycles. The fraction of sp³-hybridized carbons (Fsp3) is 0.333. The van der Waals surface area contributed by atoms with Crippen LogP contribution in [0.25, 0.3) is 0 Å². The minimum atomic E-state index is -4.08. The highest BCUT2D eigenvalue weighted by Crippen LogP contribution is 2.35. The van der Waals surface area contributed by atoms with E-state index in [0.717, 1.165) is 44.0 Å². The largest absolute Gasteiger partial charge is 0.393 e. The molecule has 0 radical (unpaired) electrons. The lowest BCUT2D eigenvalue weighted by Crippen LogP contribution is -2.24. The number of nitrogens with zero attached hydrogens (tertiary/aromatic N) is 4. The summed E-state index contributed by atoms with van der Waals surface area (Å²) in [5, 5.41) is 30.6. The van der Waals surface area contributed by atoms with Crippen molar-refractivity contribution in [1.82, 2.24) is 19.9 Å². The van der Waals surface area contributed by atoms with Crippen LogP contribution < -0.4 is 20.9 Å². The molecule has 2 saturated carbocycles. The molecule has 2 aliphatic carbocycles. The van der Waals surface area contributed by atoms with E-state index in [1.807, 2.05) is 66.2 Å². The van der Waals surface area contributed by atoms with E-state index in [9.17, 15) is 31.5 Å². The maximum atomic E-state index is 13.3. The number of aromatic nitrogens is 4. The fourth-order valence-electron chi connectivity index (χ4n) is 8.26. The highest BCUT2D eigenvalue weighted by atomic mass is 79.9. The Kier molecular flexibility index (Phi) is 17.4. The van der Waals surface area contributed by atoms with Gasteiger partial charge in [0.1, 0.15) is 24.3 Å². The molecule has 68 heavy (non-hydrogen) atoms. The number of nitrogens with one attached hydrogen (secondary N) is 2. The molecule has 6 aromatic rings. The third-order valence-corrected chi connectivity index (χ3v) is 15.4. The second-order valence-electron chi connectivity index (χ2n) is 16.7. The lowest BCUT2D eigenvalue weighted by Gasteiger charge is -2.15. The number of carbonyl (C=O) groups is 2. The number of ketones is 2. The highest BCUT2D eigenvalue weighted by Gasteiger charge is 2.35. The van der Waals surface area contributed by atoms with E-state index in [1.54, 1.807) is 0 Å². The van der Waals surface area contributed by atoms with Crippen molar-refractivity contribution in [1.29, 1.82) is 0 Å². The summed E-state index contributed by atoms with van der Waals surface area (Å²) >= 11 is 9.74. The Hall–Kier alpha value is -4.40. The van der Waals surface area contributed by atoms with Crippen molar-refractivity contribution >= 4 is 98.3 Å². The van der Waals surface area contributed by atoms with Crippen LogP contribution in [-0.4, -0.2) is 84.8 Å². The van der Waals surface area contributed by atoms with Gasteiger partial charge in [0.2, 0.25) is 11.6 Å². The number of aliphatic hydroxyl groups excluding tert-OH is 1. The second kappa shape index (κ2) is 23.0. The molecule has 360 valence electrons. The Bertz CT molecular complexity index is 2760. The van der Waals surface area contributed by atoms with E-state index >= 15 is 0 Å². The van der Waals surface area contributed by atoms with Gasteiger partial charge in [-0.2, -0.15) is 16.8 Å². The standard InChI is InChI=1S/C23H25BrN4O4S2.C22H23BrN4O5S2/c1-14-5-19(9-17(14)11-32-34(25,30)31)28-23-20(10-26-13-27-23)22(29)21-8-16(12-33-21)6-15-3-2-4-18(24)7-15;23-16-3-1-2-13(5-16)4-14-6-20(33-11-14)21(29)18-9-25-12-26-22(18)27-17-7-15(19(28)8-17)10-32-34(24,30)31/h2-4,7-8,10,12-14,17,19H,5-6,9,11H2,1H3,(H2,25,30,31)(H,26,27,28);1-3,5-6,9,11-12,15,17,19,28H,4,7-8,10H2,(H2,24,30,31)(H,25,26,27)/t14-,17+,19-;15-,17-,19+/m01/s1. The van der Waals surface area contributed by atoms with Crippen LogP contribution in [0.2, 0.25) is 0 Å². The first kappa shape index (κ1) is 51.5. The molecule has 0 spiro atoms. The number of carbonyl (C=O) groups excluding carboxylic acids is 2. The normalized spacial score (nSPS) is 20.4. The zero-order valence-electron chi connectivity index (χ0n) is 36.4. The van der Waals surface area contributed by atoms with Crippen LogP contribution in [0, 0.1) is 17.8 Å². The van der Waals surface area contributed by atoms with Gasteiger partial charge in [0.15, 0.2) is 0 Å². The number of anilines is 2.